The maximum absolute atomic E-state index is 12.4. The van der Waals surface area contributed by atoms with Crippen molar-refractivity contribution >= 4 is 30.7 Å². The molecule has 2 N–H and O–H groups in total. The van der Waals surface area contributed by atoms with Crippen molar-refractivity contribution in [3.63, 3.8) is 0 Å². The fourth-order valence-corrected chi connectivity index (χ4v) is 3.27. The standard InChI is InChI=1S/C14H27N3O2.2ClH/c1-3-17-10-4-5-12(17)11-16-13(18)14(19-2)6-8-15-9-7-14;;/h12,15H,3-11H2,1-2H3,(H,16,18);2*1H. The maximum atomic E-state index is 12.4. The minimum Gasteiger partial charge on any atom is -0.368 e. The van der Waals surface area contributed by atoms with Crippen LogP contribution in [0.5, 0.6) is 0 Å². The quantitative estimate of drug-likeness (QED) is 0.788. The number of carbonyl (C=O) groups is 1. The van der Waals surface area contributed by atoms with Gasteiger partial charge in [-0.25, -0.2) is 0 Å². The van der Waals surface area contributed by atoms with Crippen molar-refractivity contribution in [3.8, 4) is 0 Å². The van der Waals surface area contributed by atoms with Gasteiger partial charge in [0.15, 0.2) is 0 Å². The molecule has 0 aromatic carbocycles. The van der Waals surface area contributed by atoms with Gasteiger partial charge in [-0.3, -0.25) is 9.69 Å². The molecular weight excluding hydrogens is 313 g/mol. The number of likely N-dealkylation sites (N-methyl/N-ethyl adjacent to an activating group) is 1. The van der Waals surface area contributed by atoms with Gasteiger partial charge in [0.05, 0.1) is 0 Å². The number of ether oxygens (including phenoxy) is 1. The van der Waals surface area contributed by atoms with Crippen LogP contribution in [0.1, 0.15) is 32.6 Å². The smallest absolute Gasteiger partial charge is 0.252 e. The number of hydrogen-bond donors (Lipinski definition) is 2. The van der Waals surface area contributed by atoms with E-state index >= 15 is 0 Å². The van der Waals surface area contributed by atoms with Crippen molar-refractivity contribution in [3.05, 3.63) is 0 Å². The molecular formula is C14H29Cl2N3O2. The molecule has 2 aliphatic heterocycles. The van der Waals surface area contributed by atoms with E-state index in [4.69, 9.17) is 4.74 Å². The Hall–Kier alpha value is -0.0700. The highest BCUT2D eigenvalue weighted by Crippen LogP contribution is 2.23. The van der Waals surface area contributed by atoms with Crippen molar-refractivity contribution in [1.29, 1.82) is 0 Å². The zero-order valence-corrected chi connectivity index (χ0v) is 14.7. The minimum absolute atomic E-state index is 0. The Morgan fingerprint density at radius 2 is 2.05 bits per heavy atom. The lowest BCUT2D eigenvalue weighted by Crippen LogP contribution is -2.55. The van der Waals surface area contributed by atoms with Crippen LogP contribution in [0.2, 0.25) is 0 Å². The normalized spacial score (nSPS) is 24.8. The number of amides is 1. The molecule has 7 heteroatoms. The highest BCUT2D eigenvalue weighted by molar-refractivity contribution is 5.86. The molecule has 1 unspecified atom stereocenters. The minimum atomic E-state index is -0.610. The highest BCUT2D eigenvalue weighted by atomic mass is 35.5. The van der Waals surface area contributed by atoms with E-state index in [0.29, 0.717) is 6.04 Å². The number of piperidine rings is 1. The summed E-state index contributed by atoms with van der Waals surface area (Å²) in [6.45, 7) is 6.88. The van der Waals surface area contributed by atoms with Gasteiger partial charge in [-0.15, -0.1) is 24.8 Å². The molecule has 2 aliphatic rings. The second kappa shape index (κ2) is 9.85. The average molecular weight is 342 g/mol. The molecule has 0 saturated carbocycles. The molecule has 126 valence electrons. The Bertz CT molecular complexity index is 313. The first-order valence-electron chi connectivity index (χ1n) is 7.50. The lowest BCUT2D eigenvalue weighted by Gasteiger charge is -2.35. The summed E-state index contributed by atoms with van der Waals surface area (Å²) in [5.74, 6) is 0.0689. The molecule has 0 spiro atoms. The predicted molar refractivity (Wildman–Crippen MR) is 89.6 cm³/mol. The van der Waals surface area contributed by atoms with Gasteiger partial charge in [0.25, 0.3) is 5.91 Å². The number of methoxy groups -OCH3 is 1. The Morgan fingerprint density at radius 1 is 1.38 bits per heavy atom. The molecule has 5 nitrogen and oxygen atoms in total. The van der Waals surface area contributed by atoms with E-state index in [9.17, 15) is 4.79 Å². The van der Waals surface area contributed by atoms with Crippen LogP contribution in [0.15, 0.2) is 0 Å². The van der Waals surface area contributed by atoms with E-state index in [-0.39, 0.29) is 30.7 Å². The van der Waals surface area contributed by atoms with E-state index in [1.54, 1.807) is 7.11 Å². The predicted octanol–water partition coefficient (Wildman–Crippen LogP) is 1.20. The van der Waals surface area contributed by atoms with Gasteiger partial charge in [0, 0.05) is 19.7 Å². The van der Waals surface area contributed by atoms with Crippen molar-refractivity contribution in [2.24, 2.45) is 0 Å². The summed E-state index contributed by atoms with van der Waals surface area (Å²) in [6.07, 6.45) is 3.96. The summed E-state index contributed by atoms with van der Waals surface area (Å²) in [5.41, 5.74) is -0.610. The summed E-state index contributed by atoms with van der Waals surface area (Å²) in [4.78, 5) is 14.9. The first-order chi connectivity index (χ1) is 9.22. The van der Waals surface area contributed by atoms with Crippen LogP contribution in [0.3, 0.4) is 0 Å². The lowest BCUT2D eigenvalue weighted by atomic mass is 9.91. The van der Waals surface area contributed by atoms with Crippen LogP contribution >= 0.6 is 24.8 Å². The fraction of sp³-hybridized carbons (Fsp3) is 0.929. The number of halogens is 2. The first-order valence-corrected chi connectivity index (χ1v) is 7.50. The molecule has 0 aromatic heterocycles. The van der Waals surface area contributed by atoms with E-state index in [1.165, 1.54) is 12.8 Å². The third-order valence-corrected chi connectivity index (χ3v) is 4.62. The van der Waals surface area contributed by atoms with Crippen molar-refractivity contribution in [2.75, 3.05) is 39.8 Å². The van der Waals surface area contributed by atoms with Crippen LogP contribution in [-0.4, -0.2) is 62.3 Å². The number of likely N-dealkylation sites (tertiary alicyclic amines) is 1. The summed E-state index contributed by atoms with van der Waals surface area (Å²) in [5, 5.41) is 6.39. The van der Waals surface area contributed by atoms with Crippen molar-refractivity contribution in [2.45, 2.75) is 44.2 Å². The van der Waals surface area contributed by atoms with Crippen molar-refractivity contribution < 1.29 is 9.53 Å². The molecule has 2 rings (SSSR count). The summed E-state index contributed by atoms with van der Waals surface area (Å²) in [6, 6.07) is 0.504. The number of carbonyl (C=O) groups excluding carboxylic acids is 1. The maximum Gasteiger partial charge on any atom is 0.252 e. The number of nitrogens with one attached hydrogen (secondary N) is 2. The summed E-state index contributed by atoms with van der Waals surface area (Å²) < 4.78 is 5.54. The van der Waals surface area contributed by atoms with Gasteiger partial charge in [-0.05, 0) is 51.9 Å². The molecule has 2 fully saturated rings. The zero-order chi connectivity index (χ0) is 13.7. The molecule has 0 aromatic rings. The second-order valence-electron chi connectivity index (χ2n) is 5.58. The molecule has 0 radical (unpaired) electrons. The fourth-order valence-electron chi connectivity index (χ4n) is 3.27. The average Bonchev–Trinajstić information content (AvgIpc) is 2.92. The van der Waals surface area contributed by atoms with Crippen LogP contribution in [0, 0.1) is 0 Å². The number of hydrogen-bond acceptors (Lipinski definition) is 4. The molecule has 2 saturated heterocycles. The van der Waals surface area contributed by atoms with Crippen molar-refractivity contribution in [1.82, 2.24) is 15.5 Å². The number of rotatable bonds is 5. The Labute approximate surface area is 140 Å². The van der Waals surface area contributed by atoms with E-state index < -0.39 is 5.60 Å². The van der Waals surface area contributed by atoms with Gasteiger partial charge < -0.3 is 15.4 Å². The van der Waals surface area contributed by atoms with Crippen LogP contribution in [0.4, 0.5) is 0 Å². The number of nitrogens with zero attached hydrogens (tertiary/aromatic N) is 1. The third-order valence-electron chi connectivity index (χ3n) is 4.62. The van der Waals surface area contributed by atoms with Gasteiger partial charge in [0.1, 0.15) is 5.60 Å². The Kier molecular flexibility index (Phi) is 9.81. The molecule has 0 aliphatic carbocycles. The van der Waals surface area contributed by atoms with Gasteiger partial charge >= 0.3 is 0 Å². The van der Waals surface area contributed by atoms with Gasteiger partial charge in [-0.1, -0.05) is 6.92 Å². The van der Waals surface area contributed by atoms with E-state index in [2.05, 4.69) is 22.5 Å². The highest BCUT2D eigenvalue weighted by Gasteiger charge is 2.40. The van der Waals surface area contributed by atoms with Crippen LogP contribution in [-0.2, 0) is 9.53 Å². The van der Waals surface area contributed by atoms with Gasteiger partial charge in [-0.2, -0.15) is 0 Å². The van der Waals surface area contributed by atoms with Crippen LogP contribution < -0.4 is 10.6 Å². The first kappa shape index (κ1) is 20.9. The Morgan fingerprint density at radius 3 is 2.62 bits per heavy atom. The van der Waals surface area contributed by atoms with Gasteiger partial charge in [0.2, 0.25) is 0 Å². The Balaban J connectivity index is 0.00000200. The molecule has 0 bridgehead atoms. The van der Waals surface area contributed by atoms with E-state index in [0.717, 1.165) is 45.6 Å². The third kappa shape index (κ3) is 4.96. The van der Waals surface area contributed by atoms with E-state index in [1.807, 2.05) is 0 Å². The monoisotopic (exact) mass is 341 g/mol. The summed E-state index contributed by atoms with van der Waals surface area (Å²) >= 11 is 0. The molecule has 1 amide bonds. The zero-order valence-electron chi connectivity index (χ0n) is 13.0. The SMILES string of the molecule is CCN1CCCC1CNC(=O)C1(OC)CCNCC1.Cl.Cl. The second-order valence-corrected chi connectivity index (χ2v) is 5.58. The topological polar surface area (TPSA) is 53.6 Å². The summed E-state index contributed by atoms with van der Waals surface area (Å²) in [7, 11) is 1.65. The lowest BCUT2D eigenvalue weighted by molar-refractivity contribution is -0.146. The largest absolute Gasteiger partial charge is 0.368 e. The molecule has 2 heterocycles. The van der Waals surface area contributed by atoms with Crippen LogP contribution in [0.25, 0.3) is 0 Å². The molecule has 1 atom stereocenters. The molecule has 21 heavy (non-hydrogen) atoms.